The number of nitrogens with two attached hydrogens (primary N) is 1. The van der Waals surface area contributed by atoms with Gasteiger partial charge in [0.25, 0.3) is 5.91 Å². The number of ether oxygens (including phenoxy) is 1. The molecule has 8 heteroatoms. The van der Waals surface area contributed by atoms with E-state index in [4.69, 9.17) is 10.5 Å². The summed E-state index contributed by atoms with van der Waals surface area (Å²) in [5, 5.41) is 11.4. The minimum Gasteiger partial charge on any atom is -0.505 e. The van der Waals surface area contributed by atoms with Crippen molar-refractivity contribution in [2.24, 2.45) is 11.7 Å². The molecule has 5 rings (SSSR count). The molecule has 33 heavy (non-hydrogen) atoms. The van der Waals surface area contributed by atoms with Crippen LogP contribution in [0.1, 0.15) is 54.3 Å². The summed E-state index contributed by atoms with van der Waals surface area (Å²) < 4.78 is 35.7. The van der Waals surface area contributed by atoms with Crippen LogP contribution >= 0.6 is 0 Å². The molecule has 3 unspecified atom stereocenters. The molecule has 170 valence electrons. The summed E-state index contributed by atoms with van der Waals surface area (Å²) in [5.41, 5.74) is 5.61. The van der Waals surface area contributed by atoms with Gasteiger partial charge in [-0.25, -0.2) is 13.8 Å². The highest BCUT2D eigenvalue weighted by molar-refractivity contribution is 6.00. The molecule has 0 bridgehead atoms. The lowest BCUT2D eigenvalue weighted by Crippen LogP contribution is -2.28. The Labute approximate surface area is 189 Å². The summed E-state index contributed by atoms with van der Waals surface area (Å²) in [6.07, 6.45) is 7.08. The lowest BCUT2D eigenvalue weighted by Gasteiger charge is -2.34. The number of aromatic hydroxyl groups is 1. The van der Waals surface area contributed by atoms with Crippen molar-refractivity contribution >= 4 is 5.91 Å². The summed E-state index contributed by atoms with van der Waals surface area (Å²) in [6.45, 7) is 0. The Balaban J connectivity index is 1.79. The maximum Gasteiger partial charge on any atom is 0.267 e. The first kappa shape index (κ1) is 21.5. The second kappa shape index (κ2) is 8.51. The molecular formula is C25H23F2N3O3. The quantitative estimate of drug-likeness (QED) is 0.587. The van der Waals surface area contributed by atoms with Gasteiger partial charge in [-0.05, 0) is 49.8 Å². The smallest absolute Gasteiger partial charge is 0.267 e. The van der Waals surface area contributed by atoms with Gasteiger partial charge in [0.2, 0.25) is 0 Å². The molecule has 1 aliphatic carbocycles. The number of amides is 1. The molecular weight excluding hydrogens is 428 g/mol. The standard InChI is InChI=1S/C25H23F2N3O3/c26-15-6-2-7-16(27)20(15)22-24(31)21(18-10-9-13-4-1-8-17(13)33-18)19(23(30-22)25(28)32)14-5-3-11-29-12-14/h2-3,5-7,11-13,17-18,31H,1,4,8-10H2,(H2,28,32). The van der Waals surface area contributed by atoms with Gasteiger partial charge in [0.05, 0.1) is 17.8 Å². The molecule has 3 N–H and O–H groups in total. The number of carbonyl (C=O) groups is 1. The van der Waals surface area contributed by atoms with Gasteiger partial charge in [0.15, 0.2) is 0 Å². The first-order valence-electron chi connectivity index (χ1n) is 11.0. The number of aromatic nitrogens is 2. The molecule has 1 aliphatic heterocycles. The van der Waals surface area contributed by atoms with Crippen LogP contribution in [-0.2, 0) is 4.74 Å². The van der Waals surface area contributed by atoms with Gasteiger partial charge in [0.1, 0.15) is 28.8 Å². The summed E-state index contributed by atoms with van der Waals surface area (Å²) in [5.74, 6) is -2.68. The number of carbonyl (C=O) groups excluding carboxylic acids is 1. The third kappa shape index (κ3) is 3.74. The average molecular weight is 451 g/mol. The SMILES string of the molecule is NC(=O)c1nc(-c2c(F)cccc2F)c(O)c(C2CCC3CCCC3O2)c1-c1cccnc1. The highest BCUT2D eigenvalue weighted by Crippen LogP contribution is 2.49. The lowest BCUT2D eigenvalue weighted by atomic mass is 9.86. The Hall–Kier alpha value is -3.39. The van der Waals surface area contributed by atoms with E-state index in [1.54, 1.807) is 18.3 Å². The van der Waals surface area contributed by atoms with Crippen molar-refractivity contribution in [3.05, 3.63) is 65.6 Å². The maximum absolute atomic E-state index is 14.7. The van der Waals surface area contributed by atoms with E-state index in [0.29, 0.717) is 17.9 Å². The third-order valence-corrected chi connectivity index (χ3v) is 6.64. The zero-order chi connectivity index (χ0) is 23.1. The molecule has 1 aromatic carbocycles. The van der Waals surface area contributed by atoms with Crippen molar-refractivity contribution in [2.45, 2.75) is 44.3 Å². The summed E-state index contributed by atoms with van der Waals surface area (Å²) in [7, 11) is 0. The van der Waals surface area contributed by atoms with Crippen LogP contribution in [0, 0.1) is 17.6 Å². The van der Waals surface area contributed by atoms with E-state index >= 15 is 0 Å². The van der Waals surface area contributed by atoms with Crippen LogP contribution in [-0.4, -0.2) is 27.1 Å². The number of benzene rings is 1. The summed E-state index contributed by atoms with van der Waals surface area (Å²) in [4.78, 5) is 20.8. The predicted octanol–water partition coefficient (Wildman–Crippen LogP) is 4.91. The number of fused-ring (bicyclic) bond motifs is 1. The van der Waals surface area contributed by atoms with E-state index in [1.807, 2.05) is 0 Å². The molecule has 2 fully saturated rings. The van der Waals surface area contributed by atoms with Gasteiger partial charge in [-0.1, -0.05) is 18.6 Å². The fraction of sp³-hybridized carbons (Fsp3) is 0.320. The zero-order valence-corrected chi connectivity index (χ0v) is 17.8. The van der Waals surface area contributed by atoms with Gasteiger partial charge >= 0.3 is 0 Å². The molecule has 6 nitrogen and oxygen atoms in total. The Morgan fingerprint density at radius 1 is 1.06 bits per heavy atom. The van der Waals surface area contributed by atoms with Crippen LogP contribution in [0.2, 0.25) is 0 Å². The van der Waals surface area contributed by atoms with E-state index < -0.39 is 35.0 Å². The van der Waals surface area contributed by atoms with Crippen LogP contribution < -0.4 is 5.73 Å². The number of nitrogens with zero attached hydrogens (tertiary/aromatic N) is 2. The van der Waals surface area contributed by atoms with Crippen LogP contribution in [0.3, 0.4) is 0 Å². The predicted molar refractivity (Wildman–Crippen MR) is 117 cm³/mol. The second-order valence-electron chi connectivity index (χ2n) is 8.58. The summed E-state index contributed by atoms with van der Waals surface area (Å²) in [6, 6.07) is 6.75. The Kier molecular flexibility index (Phi) is 5.54. The van der Waals surface area contributed by atoms with Crippen molar-refractivity contribution < 1.29 is 23.4 Å². The number of halogens is 2. The van der Waals surface area contributed by atoms with Crippen molar-refractivity contribution in [2.75, 3.05) is 0 Å². The largest absolute Gasteiger partial charge is 0.505 e. The highest BCUT2D eigenvalue weighted by atomic mass is 19.1. The molecule has 3 aromatic rings. The van der Waals surface area contributed by atoms with Crippen LogP contribution in [0.15, 0.2) is 42.7 Å². The van der Waals surface area contributed by atoms with Gasteiger partial charge < -0.3 is 15.6 Å². The van der Waals surface area contributed by atoms with Crippen LogP contribution in [0.4, 0.5) is 8.78 Å². The van der Waals surface area contributed by atoms with Crippen molar-refractivity contribution in [1.29, 1.82) is 0 Å². The molecule has 1 saturated carbocycles. The number of hydrogen-bond acceptors (Lipinski definition) is 5. The molecule has 0 spiro atoms. The van der Waals surface area contributed by atoms with E-state index in [9.17, 15) is 18.7 Å². The number of pyridine rings is 2. The highest BCUT2D eigenvalue weighted by Gasteiger charge is 2.39. The second-order valence-corrected chi connectivity index (χ2v) is 8.58. The maximum atomic E-state index is 14.7. The van der Waals surface area contributed by atoms with Crippen molar-refractivity contribution in [3.63, 3.8) is 0 Å². The van der Waals surface area contributed by atoms with Crippen LogP contribution in [0.25, 0.3) is 22.4 Å². The minimum atomic E-state index is -0.909. The van der Waals surface area contributed by atoms with Crippen LogP contribution in [0.5, 0.6) is 5.75 Å². The fourth-order valence-corrected chi connectivity index (χ4v) is 5.16. The Morgan fingerprint density at radius 2 is 1.85 bits per heavy atom. The summed E-state index contributed by atoms with van der Waals surface area (Å²) >= 11 is 0. The number of hydrogen-bond donors (Lipinski definition) is 2. The van der Waals surface area contributed by atoms with Crippen molar-refractivity contribution in [1.82, 2.24) is 9.97 Å². The average Bonchev–Trinajstić information content (AvgIpc) is 3.28. The van der Waals surface area contributed by atoms with Gasteiger partial charge in [0, 0.05) is 29.1 Å². The van der Waals surface area contributed by atoms with E-state index in [-0.39, 0.29) is 28.6 Å². The topological polar surface area (TPSA) is 98.3 Å². The molecule has 0 radical (unpaired) electrons. The molecule has 2 aromatic heterocycles. The number of rotatable bonds is 4. The lowest BCUT2D eigenvalue weighted by molar-refractivity contribution is -0.0724. The first-order chi connectivity index (χ1) is 16.0. The zero-order valence-electron chi connectivity index (χ0n) is 17.8. The first-order valence-corrected chi connectivity index (χ1v) is 11.0. The molecule has 1 amide bonds. The van der Waals surface area contributed by atoms with Crippen molar-refractivity contribution in [3.8, 4) is 28.1 Å². The van der Waals surface area contributed by atoms with E-state index in [2.05, 4.69) is 9.97 Å². The number of primary amides is 1. The Morgan fingerprint density at radius 3 is 2.55 bits per heavy atom. The fourth-order valence-electron chi connectivity index (χ4n) is 5.16. The van der Waals surface area contributed by atoms with Gasteiger partial charge in [-0.2, -0.15) is 0 Å². The molecule has 1 saturated heterocycles. The normalized spacial score (nSPS) is 22.2. The monoisotopic (exact) mass is 451 g/mol. The van der Waals surface area contributed by atoms with Gasteiger partial charge in [-0.15, -0.1) is 0 Å². The molecule has 2 aliphatic rings. The van der Waals surface area contributed by atoms with E-state index in [1.165, 1.54) is 12.3 Å². The van der Waals surface area contributed by atoms with Gasteiger partial charge in [-0.3, -0.25) is 9.78 Å². The Bertz CT molecular complexity index is 1200. The van der Waals surface area contributed by atoms with E-state index in [0.717, 1.165) is 37.8 Å². The minimum absolute atomic E-state index is 0.0312. The third-order valence-electron chi connectivity index (χ3n) is 6.64. The molecule has 3 heterocycles. The molecule has 3 atom stereocenters.